The average Bonchev–Trinajstić information content (AvgIpc) is 3.20. The zero-order valence-electron chi connectivity index (χ0n) is 17.8. The molecule has 8 nitrogen and oxygen atoms in total. The van der Waals surface area contributed by atoms with Crippen molar-refractivity contribution in [3.8, 4) is 6.07 Å². The van der Waals surface area contributed by atoms with Gasteiger partial charge in [0.25, 0.3) is 0 Å². The molecule has 0 radical (unpaired) electrons. The van der Waals surface area contributed by atoms with Gasteiger partial charge in [0.1, 0.15) is 11.1 Å². The van der Waals surface area contributed by atoms with E-state index in [2.05, 4.69) is 37.3 Å². The van der Waals surface area contributed by atoms with Gasteiger partial charge in [-0.25, -0.2) is 0 Å². The van der Waals surface area contributed by atoms with Gasteiger partial charge in [-0.15, -0.1) is 11.3 Å². The van der Waals surface area contributed by atoms with Gasteiger partial charge in [-0.3, -0.25) is 4.79 Å². The second kappa shape index (κ2) is 8.56. The lowest BCUT2D eigenvalue weighted by atomic mass is 9.72. The number of hydrogen-bond acceptors (Lipinski definition) is 6. The van der Waals surface area contributed by atoms with Crippen LogP contribution in [0.15, 0.2) is 6.07 Å². The van der Waals surface area contributed by atoms with Crippen LogP contribution in [0.2, 0.25) is 0 Å². The summed E-state index contributed by atoms with van der Waals surface area (Å²) in [6.45, 7) is 8.92. The Morgan fingerprint density at radius 2 is 2.23 bits per heavy atom. The fourth-order valence-corrected chi connectivity index (χ4v) is 5.21. The number of rotatable bonds is 6. The maximum atomic E-state index is 12.5. The molecule has 0 aromatic carbocycles. The molecule has 0 bridgehead atoms. The first kappa shape index (κ1) is 22.0. The fraction of sp³-hybridized carbons (Fsp3) is 0.571. The van der Waals surface area contributed by atoms with Crippen LogP contribution in [-0.4, -0.2) is 20.6 Å². The van der Waals surface area contributed by atoms with E-state index in [0.29, 0.717) is 35.1 Å². The molecule has 9 heteroatoms. The van der Waals surface area contributed by atoms with Crippen LogP contribution in [0.4, 0.5) is 10.8 Å². The summed E-state index contributed by atoms with van der Waals surface area (Å²) in [4.78, 5) is 24.0. The van der Waals surface area contributed by atoms with E-state index >= 15 is 0 Å². The molecule has 1 aliphatic carbocycles. The van der Waals surface area contributed by atoms with E-state index in [1.165, 1.54) is 22.3 Å². The highest BCUT2D eigenvalue weighted by atomic mass is 32.1. The van der Waals surface area contributed by atoms with Gasteiger partial charge >= 0.3 is 5.82 Å². The van der Waals surface area contributed by atoms with Gasteiger partial charge < -0.3 is 15.4 Å². The summed E-state index contributed by atoms with van der Waals surface area (Å²) in [5, 5.41) is 27.9. The molecule has 0 unspecified atom stereocenters. The summed E-state index contributed by atoms with van der Waals surface area (Å²) in [6, 6.07) is 3.70. The van der Waals surface area contributed by atoms with Crippen molar-refractivity contribution in [2.45, 2.75) is 66.3 Å². The third-order valence-electron chi connectivity index (χ3n) is 5.78. The van der Waals surface area contributed by atoms with E-state index in [-0.39, 0.29) is 23.6 Å². The van der Waals surface area contributed by atoms with Gasteiger partial charge in [0.2, 0.25) is 5.91 Å². The molecular formula is C21H27N5O3S. The Hall–Kier alpha value is -2.73. The van der Waals surface area contributed by atoms with Crippen LogP contribution in [-0.2, 0) is 24.2 Å². The normalized spacial score (nSPS) is 16.0. The number of aromatic nitrogens is 2. The first-order chi connectivity index (χ1) is 14.1. The number of carbonyl (C=O) groups is 1. The summed E-state index contributed by atoms with van der Waals surface area (Å²) in [6.07, 6.45) is 3.65. The van der Waals surface area contributed by atoms with E-state index < -0.39 is 4.92 Å². The van der Waals surface area contributed by atoms with Crippen molar-refractivity contribution in [3.63, 3.8) is 0 Å². The number of hydrogen-bond donors (Lipinski definition) is 1. The minimum atomic E-state index is -0.525. The number of carbonyl (C=O) groups excluding carboxylic acids is 1. The van der Waals surface area contributed by atoms with Crippen LogP contribution in [0.3, 0.4) is 0 Å². The predicted molar refractivity (Wildman–Crippen MR) is 115 cm³/mol. The Morgan fingerprint density at radius 1 is 1.50 bits per heavy atom. The number of nitriles is 1. The van der Waals surface area contributed by atoms with Crippen molar-refractivity contribution >= 4 is 28.1 Å². The molecule has 0 saturated heterocycles. The third kappa shape index (κ3) is 4.70. The molecule has 160 valence electrons. The second-order valence-corrected chi connectivity index (χ2v) is 10.0. The molecule has 0 saturated carbocycles. The summed E-state index contributed by atoms with van der Waals surface area (Å²) in [7, 11) is 0. The SMILES string of the molecule is Cc1cc([N+](=O)[O-])nn1CCCC(=O)Nc1sc2c(c1C#N)CC[C@H](C(C)(C)C)C2. The minimum Gasteiger partial charge on any atom is -0.358 e. The highest BCUT2D eigenvalue weighted by Crippen LogP contribution is 2.44. The topological polar surface area (TPSA) is 114 Å². The first-order valence-corrected chi connectivity index (χ1v) is 10.9. The molecule has 1 N–H and O–H groups in total. The highest BCUT2D eigenvalue weighted by Gasteiger charge is 2.32. The number of anilines is 1. The number of nitrogens with one attached hydrogen (secondary N) is 1. The molecular weight excluding hydrogens is 402 g/mol. The van der Waals surface area contributed by atoms with E-state index in [4.69, 9.17) is 0 Å². The standard InChI is InChI=1S/C21H27N5O3S/c1-13-10-18(26(28)29)24-25(13)9-5-6-19(27)23-20-16(12-22)15-8-7-14(21(2,3)4)11-17(15)30-20/h10,14H,5-9,11H2,1-4H3,(H,23,27)/t14-/m0/s1. The second-order valence-electron chi connectivity index (χ2n) is 8.90. The van der Waals surface area contributed by atoms with Crippen molar-refractivity contribution in [3.05, 3.63) is 37.9 Å². The van der Waals surface area contributed by atoms with Crippen molar-refractivity contribution < 1.29 is 9.72 Å². The molecule has 0 fully saturated rings. The maximum absolute atomic E-state index is 12.5. The minimum absolute atomic E-state index is 0.156. The highest BCUT2D eigenvalue weighted by molar-refractivity contribution is 7.16. The number of fused-ring (bicyclic) bond motifs is 1. The van der Waals surface area contributed by atoms with Crippen molar-refractivity contribution in [2.75, 3.05) is 5.32 Å². The molecule has 1 atom stereocenters. The molecule has 2 aromatic heterocycles. The van der Waals surface area contributed by atoms with Gasteiger partial charge in [0.05, 0.1) is 29.0 Å². The van der Waals surface area contributed by atoms with E-state index in [0.717, 1.165) is 24.8 Å². The van der Waals surface area contributed by atoms with Crippen LogP contribution in [0, 0.1) is 39.7 Å². The monoisotopic (exact) mass is 429 g/mol. The number of thiophene rings is 1. The first-order valence-electron chi connectivity index (χ1n) is 10.1. The van der Waals surface area contributed by atoms with Crippen molar-refractivity contribution in [2.24, 2.45) is 11.3 Å². The van der Waals surface area contributed by atoms with Crippen molar-refractivity contribution in [1.29, 1.82) is 5.26 Å². The van der Waals surface area contributed by atoms with E-state index in [9.17, 15) is 20.2 Å². The molecule has 3 rings (SSSR count). The van der Waals surface area contributed by atoms with E-state index in [1.807, 2.05) is 0 Å². The summed E-state index contributed by atoms with van der Waals surface area (Å²) in [5.41, 5.74) is 2.61. The maximum Gasteiger partial charge on any atom is 0.390 e. The molecule has 1 aliphatic rings. The van der Waals surface area contributed by atoms with Gasteiger partial charge in [0.15, 0.2) is 0 Å². The molecule has 2 heterocycles. The number of nitrogens with zero attached hydrogens (tertiary/aromatic N) is 4. The lowest BCUT2D eigenvalue weighted by Gasteiger charge is -2.33. The average molecular weight is 430 g/mol. The quantitative estimate of drug-likeness (QED) is 0.532. The Balaban J connectivity index is 1.61. The summed E-state index contributed by atoms with van der Waals surface area (Å²) in [5.74, 6) is 0.227. The van der Waals surface area contributed by atoms with Gasteiger partial charge in [-0.2, -0.15) is 9.94 Å². The summed E-state index contributed by atoms with van der Waals surface area (Å²) < 4.78 is 1.54. The zero-order valence-corrected chi connectivity index (χ0v) is 18.6. The molecule has 2 aromatic rings. The van der Waals surface area contributed by atoms with E-state index in [1.54, 1.807) is 11.6 Å². The van der Waals surface area contributed by atoms with Crippen LogP contribution < -0.4 is 5.32 Å². The molecule has 0 aliphatic heterocycles. The number of nitro groups is 1. The Labute approximate surface area is 180 Å². The predicted octanol–water partition coefficient (Wildman–Crippen LogP) is 4.60. The van der Waals surface area contributed by atoms with Crippen LogP contribution in [0.5, 0.6) is 0 Å². The molecule has 1 amide bonds. The zero-order chi connectivity index (χ0) is 22.1. The van der Waals surface area contributed by atoms with Crippen LogP contribution >= 0.6 is 11.3 Å². The van der Waals surface area contributed by atoms with Crippen LogP contribution in [0.25, 0.3) is 0 Å². The molecule has 0 spiro atoms. The molecule has 30 heavy (non-hydrogen) atoms. The Kier molecular flexibility index (Phi) is 6.27. The summed E-state index contributed by atoms with van der Waals surface area (Å²) >= 11 is 1.53. The fourth-order valence-electron chi connectivity index (χ4n) is 3.92. The Bertz CT molecular complexity index is 1010. The lowest BCUT2D eigenvalue weighted by Crippen LogP contribution is -2.26. The lowest BCUT2D eigenvalue weighted by molar-refractivity contribution is -0.389. The van der Waals surface area contributed by atoms with Gasteiger partial charge in [0, 0.05) is 11.3 Å². The Morgan fingerprint density at radius 3 is 2.83 bits per heavy atom. The third-order valence-corrected chi connectivity index (χ3v) is 6.95. The van der Waals surface area contributed by atoms with Gasteiger partial charge in [-0.05, 0) is 54.4 Å². The van der Waals surface area contributed by atoms with Crippen LogP contribution in [0.1, 0.15) is 61.7 Å². The number of amides is 1. The van der Waals surface area contributed by atoms with Gasteiger partial charge in [-0.1, -0.05) is 20.8 Å². The smallest absolute Gasteiger partial charge is 0.358 e. The largest absolute Gasteiger partial charge is 0.390 e. The van der Waals surface area contributed by atoms with Crippen molar-refractivity contribution in [1.82, 2.24) is 9.78 Å². The number of aryl methyl sites for hydroxylation is 2.